The molecule has 3 aromatic rings. The van der Waals surface area contributed by atoms with Gasteiger partial charge in [-0.25, -0.2) is 4.98 Å². The Morgan fingerprint density at radius 3 is 2.84 bits per heavy atom. The first-order chi connectivity index (χ1) is 14.9. The van der Waals surface area contributed by atoms with Crippen molar-refractivity contribution in [1.29, 1.82) is 5.26 Å². The number of fused-ring (bicyclic) bond motifs is 1. The first-order valence-electron chi connectivity index (χ1n) is 10.0. The van der Waals surface area contributed by atoms with Crippen LogP contribution in [0.5, 0.6) is 0 Å². The van der Waals surface area contributed by atoms with Gasteiger partial charge < -0.3 is 5.32 Å². The van der Waals surface area contributed by atoms with Crippen molar-refractivity contribution in [3.8, 4) is 6.07 Å². The van der Waals surface area contributed by atoms with Crippen LogP contribution in [-0.2, 0) is 4.79 Å². The highest BCUT2D eigenvalue weighted by atomic mass is 35.5. The summed E-state index contributed by atoms with van der Waals surface area (Å²) in [6.07, 6.45) is 4.08. The van der Waals surface area contributed by atoms with E-state index in [1.54, 1.807) is 22.8 Å². The van der Waals surface area contributed by atoms with E-state index < -0.39 is 0 Å². The molecule has 1 aliphatic carbocycles. The van der Waals surface area contributed by atoms with Crippen LogP contribution in [0.4, 0.5) is 5.69 Å². The lowest BCUT2D eigenvalue weighted by Crippen LogP contribution is -2.27. The van der Waals surface area contributed by atoms with E-state index in [4.69, 9.17) is 16.6 Å². The lowest BCUT2D eigenvalue weighted by atomic mass is 10.2. The van der Waals surface area contributed by atoms with Crippen LogP contribution in [-0.4, -0.2) is 21.2 Å². The fourth-order valence-corrected chi connectivity index (χ4v) is 6.02. The highest BCUT2D eigenvalue weighted by Gasteiger charge is 2.25. The summed E-state index contributed by atoms with van der Waals surface area (Å²) in [5.41, 5.74) is 1.70. The van der Waals surface area contributed by atoms with Crippen LogP contribution in [0, 0.1) is 25.2 Å². The molecule has 1 aliphatic rings. The van der Waals surface area contributed by atoms with E-state index in [2.05, 4.69) is 5.32 Å². The zero-order valence-electron chi connectivity index (χ0n) is 17.2. The second kappa shape index (κ2) is 9.03. The smallest absolute Gasteiger partial charge is 0.263 e. The van der Waals surface area contributed by atoms with Gasteiger partial charge in [0, 0.05) is 15.9 Å². The largest absolute Gasteiger partial charge is 0.324 e. The summed E-state index contributed by atoms with van der Waals surface area (Å²) >= 11 is 8.76. The molecule has 1 fully saturated rings. The molecule has 4 rings (SSSR count). The molecular formula is C22H21ClN4O2S2. The monoisotopic (exact) mass is 472 g/mol. The van der Waals surface area contributed by atoms with Gasteiger partial charge in [0.05, 0.1) is 22.4 Å². The first kappa shape index (κ1) is 21.9. The highest BCUT2D eigenvalue weighted by molar-refractivity contribution is 7.99. The van der Waals surface area contributed by atoms with Crippen molar-refractivity contribution < 1.29 is 4.79 Å². The maximum atomic E-state index is 13.4. The second-order valence-corrected chi connectivity index (χ2v) is 10.2. The number of thiophene rings is 1. The summed E-state index contributed by atoms with van der Waals surface area (Å²) in [5, 5.41) is 13.7. The molecule has 9 heteroatoms. The molecular weight excluding hydrogens is 452 g/mol. The van der Waals surface area contributed by atoms with E-state index in [9.17, 15) is 14.9 Å². The molecule has 160 valence electrons. The lowest BCUT2D eigenvalue weighted by Gasteiger charge is -2.18. The van der Waals surface area contributed by atoms with Crippen LogP contribution < -0.4 is 10.9 Å². The maximum Gasteiger partial charge on any atom is 0.263 e. The molecule has 0 spiro atoms. The Kier molecular flexibility index (Phi) is 6.37. The molecule has 1 N–H and O–H groups in total. The zero-order valence-corrected chi connectivity index (χ0v) is 19.6. The predicted octanol–water partition coefficient (Wildman–Crippen LogP) is 5.45. The van der Waals surface area contributed by atoms with E-state index >= 15 is 0 Å². The maximum absolute atomic E-state index is 13.4. The van der Waals surface area contributed by atoms with Gasteiger partial charge >= 0.3 is 0 Å². The number of hydrogen-bond acceptors (Lipinski definition) is 6. The van der Waals surface area contributed by atoms with Gasteiger partial charge in [0.2, 0.25) is 5.91 Å². The fraction of sp³-hybridized carbons (Fsp3) is 0.364. The number of carbonyl (C=O) groups excluding carboxylic acids is 1. The number of carbonyl (C=O) groups is 1. The Labute approximate surface area is 193 Å². The third-order valence-corrected chi connectivity index (χ3v) is 7.89. The summed E-state index contributed by atoms with van der Waals surface area (Å²) in [5.74, 6) is -0.208. The molecule has 0 bridgehead atoms. The Morgan fingerprint density at radius 2 is 2.13 bits per heavy atom. The van der Waals surface area contributed by atoms with Gasteiger partial charge in [-0.1, -0.05) is 36.2 Å². The molecule has 0 atom stereocenters. The number of thioether (sulfide) groups is 1. The average molecular weight is 473 g/mol. The van der Waals surface area contributed by atoms with Crippen molar-refractivity contribution >= 4 is 56.5 Å². The number of rotatable bonds is 5. The summed E-state index contributed by atoms with van der Waals surface area (Å²) in [6, 6.07) is 6.89. The van der Waals surface area contributed by atoms with Gasteiger partial charge in [0.1, 0.15) is 10.9 Å². The molecule has 0 aliphatic heterocycles. The van der Waals surface area contributed by atoms with Crippen molar-refractivity contribution in [1.82, 2.24) is 9.55 Å². The third kappa shape index (κ3) is 4.36. The van der Waals surface area contributed by atoms with Gasteiger partial charge in [0.25, 0.3) is 5.56 Å². The van der Waals surface area contributed by atoms with Crippen molar-refractivity contribution in [2.24, 2.45) is 0 Å². The van der Waals surface area contributed by atoms with Crippen molar-refractivity contribution in [2.75, 3.05) is 11.1 Å². The number of aryl methyl sites for hydroxylation is 2. The van der Waals surface area contributed by atoms with Gasteiger partial charge in [-0.05, 0) is 50.5 Å². The number of halogens is 1. The zero-order chi connectivity index (χ0) is 22.1. The Morgan fingerprint density at radius 1 is 1.39 bits per heavy atom. The van der Waals surface area contributed by atoms with Gasteiger partial charge in [-0.15, -0.1) is 11.3 Å². The second-order valence-electron chi connectivity index (χ2n) is 7.61. The van der Waals surface area contributed by atoms with E-state index in [1.807, 2.05) is 19.9 Å². The van der Waals surface area contributed by atoms with E-state index in [1.165, 1.54) is 23.1 Å². The molecule has 2 heterocycles. The number of anilines is 1. The SMILES string of the molecule is Cc1sc2nc(SCC(=O)Nc3cc(Cl)ccc3C#N)n(C3CCCC3)c(=O)c2c1C. The van der Waals surface area contributed by atoms with Crippen molar-refractivity contribution in [2.45, 2.75) is 50.7 Å². The Balaban J connectivity index is 1.63. The molecule has 0 saturated heterocycles. The van der Waals surface area contributed by atoms with Crippen LogP contribution >= 0.6 is 34.7 Å². The van der Waals surface area contributed by atoms with E-state index in [-0.39, 0.29) is 23.3 Å². The van der Waals surface area contributed by atoms with Crippen molar-refractivity contribution in [3.63, 3.8) is 0 Å². The Bertz CT molecular complexity index is 1270. The van der Waals surface area contributed by atoms with Crippen LogP contribution in [0.25, 0.3) is 10.2 Å². The molecule has 1 aromatic carbocycles. The molecule has 31 heavy (non-hydrogen) atoms. The number of amides is 1. The number of nitrogens with one attached hydrogen (secondary N) is 1. The quantitative estimate of drug-likeness (QED) is 0.394. The van der Waals surface area contributed by atoms with E-state index in [0.29, 0.717) is 26.8 Å². The minimum atomic E-state index is -0.283. The first-order valence-corrected chi connectivity index (χ1v) is 12.2. The Hall–Kier alpha value is -2.34. The summed E-state index contributed by atoms with van der Waals surface area (Å²) < 4.78 is 1.80. The molecule has 1 amide bonds. The number of hydrogen-bond donors (Lipinski definition) is 1. The predicted molar refractivity (Wildman–Crippen MR) is 126 cm³/mol. The highest BCUT2D eigenvalue weighted by Crippen LogP contribution is 2.34. The summed E-state index contributed by atoms with van der Waals surface area (Å²) in [4.78, 5) is 32.6. The minimum absolute atomic E-state index is 0.0109. The van der Waals surface area contributed by atoms with Gasteiger partial charge in [0.15, 0.2) is 5.16 Å². The van der Waals surface area contributed by atoms with Gasteiger partial charge in [-0.3, -0.25) is 14.2 Å². The topological polar surface area (TPSA) is 87.8 Å². The minimum Gasteiger partial charge on any atom is -0.324 e. The third-order valence-electron chi connectivity index (χ3n) is 5.60. The van der Waals surface area contributed by atoms with Crippen LogP contribution in [0.1, 0.15) is 47.7 Å². The van der Waals surface area contributed by atoms with Crippen LogP contribution in [0.2, 0.25) is 5.02 Å². The number of nitrogens with zero attached hydrogens (tertiary/aromatic N) is 3. The molecule has 1 saturated carbocycles. The summed E-state index contributed by atoms with van der Waals surface area (Å²) in [7, 11) is 0. The van der Waals surface area contributed by atoms with Gasteiger partial charge in [-0.2, -0.15) is 5.26 Å². The molecule has 0 radical (unpaired) electrons. The van der Waals surface area contributed by atoms with Crippen LogP contribution in [0.15, 0.2) is 28.2 Å². The normalized spacial score (nSPS) is 14.1. The fourth-order valence-electron chi connectivity index (χ4n) is 3.91. The molecule has 6 nitrogen and oxygen atoms in total. The molecule has 0 unspecified atom stereocenters. The van der Waals surface area contributed by atoms with Crippen molar-refractivity contribution in [3.05, 3.63) is 49.6 Å². The number of nitriles is 1. The lowest BCUT2D eigenvalue weighted by molar-refractivity contribution is -0.113. The number of benzene rings is 1. The number of aromatic nitrogens is 2. The standard InChI is InChI=1S/C22H21ClN4O2S2/c1-12-13(2)31-20-19(12)21(29)27(16-5-3-4-6-16)22(26-20)30-11-18(28)25-17-9-15(23)8-7-14(17)10-24/h7-9,16H,3-6,11H2,1-2H3,(H,25,28). The van der Waals surface area contributed by atoms with E-state index in [0.717, 1.165) is 41.0 Å². The van der Waals surface area contributed by atoms with Crippen LogP contribution in [0.3, 0.4) is 0 Å². The summed E-state index contributed by atoms with van der Waals surface area (Å²) in [6.45, 7) is 3.97. The molecule has 2 aromatic heterocycles. The average Bonchev–Trinajstić information content (AvgIpc) is 3.35.